The number of benzene rings is 2. The van der Waals surface area contributed by atoms with Crippen LogP contribution in [0.15, 0.2) is 54.6 Å². The fourth-order valence-electron chi connectivity index (χ4n) is 3.43. The van der Waals surface area contributed by atoms with Crippen molar-refractivity contribution in [1.29, 1.82) is 0 Å². The van der Waals surface area contributed by atoms with Gasteiger partial charge >= 0.3 is 12.0 Å². The smallest absolute Gasteiger partial charge is 0.320 e. The number of urea groups is 1. The third-order valence-corrected chi connectivity index (χ3v) is 5.36. The van der Waals surface area contributed by atoms with E-state index < -0.39 is 5.97 Å². The second-order valence-corrected chi connectivity index (χ2v) is 7.92. The average molecular weight is 433 g/mol. The summed E-state index contributed by atoms with van der Waals surface area (Å²) >= 11 is 12.2. The number of hydrogen-bond acceptors (Lipinski definition) is 2. The molecule has 1 unspecified atom stereocenters. The lowest BCUT2D eigenvalue weighted by molar-refractivity contribution is -0.138. The van der Waals surface area contributed by atoms with E-state index >= 15 is 0 Å². The second kappa shape index (κ2) is 9.81. The minimum atomic E-state index is -0.867. The molecule has 1 atom stereocenters. The van der Waals surface area contributed by atoms with Crippen LogP contribution in [0.5, 0.6) is 0 Å². The van der Waals surface area contributed by atoms with Crippen molar-refractivity contribution in [2.24, 2.45) is 5.92 Å². The van der Waals surface area contributed by atoms with Crippen LogP contribution < -0.4 is 0 Å². The molecule has 1 aliphatic heterocycles. The predicted molar refractivity (Wildman–Crippen MR) is 115 cm³/mol. The third kappa shape index (κ3) is 5.99. The molecule has 7 heteroatoms. The minimum Gasteiger partial charge on any atom is -0.481 e. The number of amides is 2. The molecule has 1 aliphatic rings. The lowest BCUT2D eigenvalue weighted by Crippen LogP contribution is -2.53. The predicted octanol–water partition coefficient (Wildman–Crippen LogP) is 5.04. The van der Waals surface area contributed by atoms with E-state index in [1.807, 2.05) is 42.5 Å². The van der Waals surface area contributed by atoms with Crippen molar-refractivity contribution < 1.29 is 14.7 Å². The highest BCUT2D eigenvalue weighted by atomic mass is 35.5. The molecule has 0 aromatic heterocycles. The summed E-state index contributed by atoms with van der Waals surface area (Å²) in [5.74, 6) is -1.02. The molecule has 1 N–H and O–H groups in total. The van der Waals surface area contributed by atoms with Crippen molar-refractivity contribution in [2.75, 3.05) is 19.6 Å². The molecule has 0 saturated carbocycles. The summed E-state index contributed by atoms with van der Waals surface area (Å²) in [4.78, 5) is 27.6. The Balaban J connectivity index is 1.73. The summed E-state index contributed by atoms with van der Waals surface area (Å²) in [7, 11) is 0. The highest BCUT2D eigenvalue weighted by molar-refractivity contribution is 6.35. The fraction of sp³-hybridized carbons (Fsp3) is 0.273. The molecule has 2 amide bonds. The lowest BCUT2D eigenvalue weighted by Gasteiger charge is -2.39. The van der Waals surface area contributed by atoms with Gasteiger partial charge in [-0.25, -0.2) is 4.79 Å². The van der Waals surface area contributed by atoms with Crippen LogP contribution in [-0.4, -0.2) is 46.5 Å². The van der Waals surface area contributed by atoms with E-state index in [1.54, 1.807) is 28.0 Å². The Morgan fingerprint density at radius 2 is 1.83 bits per heavy atom. The van der Waals surface area contributed by atoms with E-state index in [1.165, 1.54) is 0 Å². The van der Waals surface area contributed by atoms with Crippen LogP contribution in [0.1, 0.15) is 17.5 Å². The van der Waals surface area contributed by atoms with Gasteiger partial charge in [-0.2, -0.15) is 0 Å². The number of hydrogen-bond donors (Lipinski definition) is 1. The Morgan fingerprint density at radius 1 is 1.10 bits per heavy atom. The van der Waals surface area contributed by atoms with Gasteiger partial charge in [0.25, 0.3) is 0 Å². The first-order valence-electron chi connectivity index (χ1n) is 9.33. The largest absolute Gasteiger partial charge is 0.481 e. The fourth-order valence-corrected chi connectivity index (χ4v) is 3.90. The maximum absolute atomic E-state index is 13.0. The lowest BCUT2D eigenvalue weighted by atomic mass is 10.0. The molecule has 152 valence electrons. The van der Waals surface area contributed by atoms with Gasteiger partial charge in [0.05, 0.1) is 6.42 Å². The van der Waals surface area contributed by atoms with Crippen molar-refractivity contribution in [3.8, 4) is 0 Å². The van der Waals surface area contributed by atoms with Gasteiger partial charge in [-0.05, 0) is 23.3 Å². The van der Waals surface area contributed by atoms with Gasteiger partial charge in [0.2, 0.25) is 0 Å². The number of aliphatic carboxylic acids is 1. The molecule has 29 heavy (non-hydrogen) atoms. The first-order chi connectivity index (χ1) is 13.9. The molecule has 1 saturated heterocycles. The summed E-state index contributed by atoms with van der Waals surface area (Å²) in [5.41, 5.74) is 1.82. The maximum atomic E-state index is 13.0. The van der Waals surface area contributed by atoms with Crippen LogP contribution >= 0.6 is 23.2 Å². The quantitative estimate of drug-likeness (QED) is 0.666. The number of carboxylic acids is 1. The molecular formula is C22H22Cl2N2O3. The van der Waals surface area contributed by atoms with Crippen LogP contribution in [0.25, 0.3) is 6.08 Å². The first-order valence-corrected chi connectivity index (χ1v) is 10.1. The van der Waals surface area contributed by atoms with Gasteiger partial charge in [-0.3, -0.25) is 4.79 Å². The topological polar surface area (TPSA) is 60.9 Å². The van der Waals surface area contributed by atoms with Crippen molar-refractivity contribution in [2.45, 2.75) is 13.0 Å². The summed E-state index contributed by atoms with van der Waals surface area (Å²) in [6.07, 6.45) is 3.88. The van der Waals surface area contributed by atoms with Gasteiger partial charge in [-0.15, -0.1) is 0 Å². The van der Waals surface area contributed by atoms with E-state index in [0.717, 1.165) is 11.1 Å². The molecule has 0 spiro atoms. The van der Waals surface area contributed by atoms with Crippen molar-refractivity contribution in [3.05, 3.63) is 75.8 Å². The second-order valence-electron chi connectivity index (χ2n) is 7.08. The Morgan fingerprint density at radius 3 is 2.52 bits per heavy atom. The van der Waals surface area contributed by atoms with Gasteiger partial charge in [-0.1, -0.05) is 71.8 Å². The number of rotatable bonds is 7. The summed E-state index contributed by atoms with van der Waals surface area (Å²) < 4.78 is 0. The van der Waals surface area contributed by atoms with Gasteiger partial charge < -0.3 is 14.9 Å². The Kier molecular flexibility index (Phi) is 7.18. The van der Waals surface area contributed by atoms with E-state index in [9.17, 15) is 14.7 Å². The van der Waals surface area contributed by atoms with E-state index in [0.29, 0.717) is 36.2 Å². The summed E-state index contributed by atoms with van der Waals surface area (Å²) in [5, 5.41) is 10.2. The molecule has 2 aromatic carbocycles. The maximum Gasteiger partial charge on any atom is 0.320 e. The van der Waals surface area contributed by atoms with E-state index in [-0.39, 0.29) is 18.4 Å². The van der Waals surface area contributed by atoms with Crippen molar-refractivity contribution in [3.63, 3.8) is 0 Å². The highest BCUT2D eigenvalue weighted by Crippen LogP contribution is 2.25. The third-order valence-electron chi connectivity index (χ3n) is 4.77. The SMILES string of the molecule is O=C(O)CC1CN(CC=Cc2ccccc2)C(=O)N(Cc2ccc(Cl)cc2Cl)C1. The van der Waals surface area contributed by atoms with Crippen LogP contribution in [-0.2, 0) is 11.3 Å². The van der Waals surface area contributed by atoms with Crippen molar-refractivity contribution >= 4 is 41.3 Å². The summed E-state index contributed by atoms with van der Waals surface area (Å²) in [6.45, 7) is 1.51. The summed E-state index contributed by atoms with van der Waals surface area (Å²) in [6, 6.07) is 14.8. The van der Waals surface area contributed by atoms with Crippen LogP contribution in [0.2, 0.25) is 10.0 Å². The molecule has 1 heterocycles. The molecular weight excluding hydrogens is 411 g/mol. The molecule has 3 rings (SSSR count). The zero-order chi connectivity index (χ0) is 20.8. The van der Waals surface area contributed by atoms with Crippen LogP contribution in [0, 0.1) is 5.92 Å². The molecule has 0 bridgehead atoms. The Hall–Kier alpha value is -2.50. The molecule has 0 aliphatic carbocycles. The van der Waals surface area contributed by atoms with Gasteiger partial charge in [0, 0.05) is 42.1 Å². The number of halogens is 2. The number of carbonyl (C=O) groups is 2. The van der Waals surface area contributed by atoms with E-state index in [4.69, 9.17) is 23.2 Å². The van der Waals surface area contributed by atoms with Crippen LogP contribution in [0.3, 0.4) is 0 Å². The molecule has 0 radical (unpaired) electrons. The van der Waals surface area contributed by atoms with Gasteiger partial charge in [0.1, 0.15) is 0 Å². The minimum absolute atomic E-state index is 0.0109. The monoisotopic (exact) mass is 432 g/mol. The normalized spacial score (nSPS) is 17.2. The zero-order valence-corrected chi connectivity index (χ0v) is 17.3. The zero-order valence-electron chi connectivity index (χ0n) is 15.8. The average Bonchev–Trinajstić information content (AvgIpc) is 2.67. The molecule has 5 nitrogen and oxygen atoms in total. The van der Waals surface area contributed by atoms with Crippen LogP contribution in [0.4, 0.5) is 4.79 Å². The molecule has 2 aromatic rings. The first kappa shape index (κ1) is 21.2. The van der Waals surface area contributed by atoms with Crippen molar-refractivity contribution in [1.82, 2.24) is 9.80 Å². The Labute approximate surface area is 180 Å². The standard InChI is InChI=1S/C22H22Cl2N2O3/c23-19-9-8-18(20(24)12-19)15-26-14-17(11-21(27)28)13-25(22(26)29)10-4-7-16-5-2-1-3-6-16/h1-9,12,17H,10-11,13-15H2,(H,27,28). The Bertz CT molecular complexity index is 902. The number of carbonyl (C=O) groups excluding carboxylic acids is 1. The van der Waals surface area contributed by atoms with E-state index in [2.05, 4.69) is 0 Å². The van der Waals surface area contributed by atoms with Gasteiger partial charge in [0.15, 0.2) is 0 Å². The molecule has 1 fully saturated rings. The number of carboxylic acid groups (broad SMARTS) is 1. The highest BCUT2D eigenvalue weighted by Gasteiger charge is 2.32. The number of nitrogens with zero attached hydrogens (tertiary/aromatic N) is 2.